The van der Waals surface area contributed by atoms with Gasteiger partial charge in [0.2, 0.25) is 5.82 Å². The number of nitrogens with one attached hydrogen (secondary N) is 1. The molecule has 8 heteroatoms. The normalized spacial score (nSPS) is 16.5. The molecule has 0 radical (unpaired) electrons. The van der Waals surface area contributed by atoms with Gasteiger partial charge in [-0.25, -0.2) is 4.98 Å². The zero-order chi connectivity index (χ0) is 22.5. The van der Waals surface area contributed by atoms with Crippen molar-refractivity contribution in [3.8, 4) is 17.3 Å². The fourth-order valence-corrected chi connectivity index (χ4v) is 4.08. The first-order valence-electron chi connectivity index (χ1n) is 10.4. The van der Waals surface area contributed by atoms with Crippen molar-refractivity contribution in [1.29, 1.82) is 5.26 Å². The lowest BCUT2D eigenvalue weighted by Gasteiger charge is -2.39. The van der Waals surface area contributed by atoms with E-state index in [2.05, 4.69) is 16.0 Å². The quantitative estimate of drug-likeness (QED) is 0.620. The van der Waals surface area contributed by atoms with Gasteiger partial charge in [-0.3, -0.25) is 4.79 Å². The molecule has 5 rings (SSSR count). The highest BCUT2D eigenvalue weighted by atomic mass is 19.4. The molecule has 5 nitrogen and oxygen atoms in total. The monoisotopic (exact) mass is 436 g/mol. The SMILES string of the molecule is N#Cc1ccc(C2CN(C(=O)c3cccc(-c4nc(C(F)(F)F)[nH]c4C4CC4)c3)C2)cc1. The number of hydrogen-bond donors (Lipinski definition) is 1. The number of carbonyl (C=O) groups excluding carboxylic acids is 1. The van der Waals surface area contributed by atoms with E-state index in [9.17, 15) is 18.0 Å². The summed E-state index contributed by atoms with van der Waals surface area (Å²) in [6, 6.07) is 16.1. The Morgan fingerprint density at radius 2 is 1.81 bits per heavy atom. The summed E-state index contributed by atoms with van der Waals surface area (Å²) in [5.74, 6) is -0.899. The predicted molar refractivity (Wildman–Crippen MR) is 111 cm³/mol. The van der Waals surface area contributed by atoms with Gasteiger partial charge in [-0.2, -0.15) is 18.4 Å². The molecule has 1 aliphatic carbocycles. The molecule has 1 saturated heterocycles. The topological polar surface area (TPSA) is 72.8 Å². The van der Waals surface area contributed by atoms with Crippen molar-refractivity contribution >= 4 is 5.91 Å². The van der Waals surface area contributed by atoms with E-state index in [1.165, 1.54) is 0 Å². The minimum absolute atomic E-state index is 0.0523. The van der Waals surface area contributed by atoms with E-state index in [-0.39, 0.29) is 23.4 Å². The van der Waals surface area contributed by atoms with Gasteiger partial charge in [0.15, 0.2) is 0 Å². The minimum atomic E-state index is -4.55. The van der Waals surface area contributed by atoms with E-state index in [1.807, 2.05) is 12.1 Å². The highest BCUT2D eigenvalue weighted by Gasteiger charge is 2.39. The van der Waals surface area contributed by atoms with Crippen molar-refractivity contribution in [1.82, 2.24) is 14.9 Å². The van der Waals surface area contributed by atoms with Gasteiger partial charge in [0.05, 0.1) is 17.3 Å². The molecule has 1 amide bonds. The largest absolute Gasteiger partial charge is 0.449 e. The van der Waals surface area contributed by atoms with Gasteiger partial charge >= 0.3 is 6.18 Å². The summed E-state index contributed by atoms with van der Waals surface area (Å²) in [4.78, 5) is 21.0. The Balaban J connectivity index is 1.34. The second-order valence-corrected chi connectivity index (χ2v) is 8.34. The molecule has 0 unspecified atom stereocenters. The first kappa shape index (κ1) is 20.3. The number of imidazole rings is 1. The number of amides is 1. The third-order valence-electron chi connectivity index (χ3n) is 6.05. The van der Waals surface area contributed by atoms with Crippen molar-refractivity contribution in [3.63, 3.8) is 0 Å². The minimum Gasteiger partial charge on any atom is -0.337 e. The predicted octanol–water partition coefficient (Wildman–Crippen LogP) is 5.08. The maximum Gasteiger partial charge on any atom is 0.449 e. The van der Waals surface area contributed by atoms with Gasteiger partial charge in [0, 0.05) is 41.7 Å². The smallest absolute Gasteiger partial charge is 0.337 e. The second kappa shape index (κ2) is 7.52. The number of H-pyrrole nitrogens is 1. The average Bonchev–Trinajstić information content (AvgIpc) is 3.49. The van der Waals surface area contributed by atoms with Crippen LogP contribution in [-0.4, -0.2) is 33.9 Å². The molecule has 1 saturated carbocycles. The summed E-state index contributed by atoms with van der Waals surface area (Å²) in [7, 11) is 0. The number of aromatic amines is 1. The fraction of sp³-hybridized carbons (Fsp3) is 0.292. The summed E-state index contributed by atoms with van der Waals surface area (Å²) in [6.45, 7) is 1.12. The van der Waals surface area contributed by atoms with Gasteiger partial charge in [-0.15, -0.1) is 0 Å². The Hall–Kier alpha value is -3.60. The number of carbonyl (C=O) groups is 1. The zero-order valence-electron chi connectivity index (χ0n) is 17.0. The molecular weight excluding hydrogens is 417 g/mol. The number of hydrogen-bond acceptors (Lipinski definition) is 3. The van der Waals surface area contributed by atoms with E-state index >= 15 is 0 Å². The molecule has 0 bridgehead atoms. The third kappa shape index (κ3) is 3.75. The molecule has 3 aromatic rings. The lowest BCUT2D eigenvalue weighted by Crippen LogP contribution is -2.48. The van der Waals surface area contributed by atoms with Gasteiger partial charge < -0.3 is 9.88 Å². The highest BCUT2D eigenvalue weighted by Crippen LogP contribution is 2.45. The number of alkyl halides is 3. The standard InChI is InChI=1S/C24H19F3N4O/c25-24(26,27)23-29-20(16-8-9-16)21(30-23)17-2-1-3-18(10-17)22(32)31-12-19(13-31)15-6-4-14(11-28)5-7-15/h1-7,10,16,19H,8-9,12-13H2,(H,29,30). The number of rotatable bonds is 4. The molecule has 1 aliphatic heterocycles. The molecule has 2 aromatic carbocycles. The maximum absolute atomic E-state index is 13.2. The maximum atomic E-state index is 13.2. The number of halogens is 3. The lowest BCUT2D eigenvalue weighted by molar-refractivity contribution is -0.144. The summed E-state index contributed by atoms with van der Waals surface area (Å²) in [5, 5.41) is 8.91. The van der Waals surface area contributed by atoms with Crippen molar-refractivity contribution in [2.24, 2.45) is 0 Å². The summed E-state index contributed by atoms with van der Waals surface area (Å²) < 4.78 is 39.6. The molecule has 2 fully saturated rings. The van der Waals surface area contributed by atoms with E-state index in [4.69, 9.17) is 5.26 Å². The number of nitriles is 1. The van der Waals surface area contributed by atoms with Crippen LogP contribution in [0.1, 0.15) is 57.7 Å². The van der Waals surface area contributed by atoms with E-state index in [1.54, 1.807) is 41.3 Å². The molecule has 2 aliphatic rings. The van der Waals surface area contributed by atoms with Crippen LogP contribution in [-0.2, 0) is 6.18 Å². The number of benzene rings is 2. The van der Waals surface area contributed by atoms with Gasteiger partial charge in [0.25, 0.3) is 5.91 Å². The fourth-order valence-electron chi connectivity index (χ4n) is 4.08. The van der Waals surface area contributed by atoms with Crippen LogP contribution >= 0.6 is 0 Å². The van der Waals surface area contributed by atoms with E-state index < -0.39 is 12.0 Å². The van der Waals surface area contributed by atoms with Gasteiger partial charge in [-0.1, -0.05) is 24.3 Å². The van der Waals surface area contributed by atoms with Crippen LogP contribution in [0.4, 0.5) is 13.2 Å². The average molecular weight is 436 g/mol. The van der Waals surface area contributed by atoms with Crippen molar-refractivity contribution in [3.05, 3.63) is 76.7 Å². The van der Waals surface area contributed by atoms with Gasteiger partial charge in [0.1, 0.15) is 0 Å². The number of aromatic nitrogens is 2. The van der Waals surface area contributed by atoms with Crippen LogP contribution in [0.15, 0.2) is 48.5 Å². The number of likely N-dealkylation sites (tertiary alicyclic amines) is 1. The Bertz CT molecular complexity index is 1210. The summed E-state index contributed by atoms with van der Waals surface area (Å²) >= 11 is 0. The van der Waals surface area contributed by atoms with Crippen molar-refractivity contribution in [2.45, 2.75) is 30.9 Å². The molecule has 1 N–H and O–H groups in total. The summed E-state index contributed by atoms with van der Waals surface area (Å²) in [5.41, 5.74) is 3.37. The number of nitrogens with zero attached hydrogens (tertiary/aromatic N) is 3. The van der Waals surface area contributed by atoms with Crippen LogP contribution in [0.5, 0.6) is 0 Å². The molecule has 2 heterocycles. The van der Waals surface area contributed by atoms with E-state index in [0.29, 0.717) is 35.5 Å². The molecule has 0 spiro atoms. The summed E-state index contributed by atoms with van der Waals surface area (Å²) in [6.07, 6.45) is -2.89. The first-order valence-corrected chi connectivity index (χ1v) is 10.4. The highest BCUT2D eigenvalue weighted by molar-refractivity contribution is 5.96. The van der Waals surface area contributed by atoms with Crippen LogP contribution < -0.4 is 0 Å². The Morgan fingerprint density at radius 1 is 1.09 bits per heavy atom. The zero-order valence-corrected chi connectivity index (χ0v) is 17.0. The van der Waals surface area contributed by atoms with Crippen LogP contribution in [0.25, 0.3) is 11.3 Å². The first-order chi connectivity index (χ1) is 15.3. The Kier molecular flexibility index (Phi) is 4.77. The molecular formula is C24H19F3N4O. The van der Waals surface area contributed by atoms with Crippen LogP contribution in [0.2, 0.25) is 0 Å². The van der Waals surface area contributed by atoms with E-state index in [0.717, 1.165) is 18.4 Å². The van der Waals surface area contributed by atoms with Gasteiger partial charge in [-0.05, 0) is 42.7 Å². The van der Waals surface area contributed by atoms with Crippen molar-refractivity contribution < 1.29 is 18.0 Å². The Labute approximate surface area is 182 Å². The third-order valence-corrected chi connectivity index (χ3v) is 6.05. The second-order valence-electron chi connectivity index (χ2n) is 8.34. The molecule has 1 aromatic heterocycles. The molecule has 162 valence electrons. The van der Waals surface area contributed by atoms with Crippen molar-refractivity contribution in [2.75, 3.05) is 13.1 Å². The van der Waals surface area contributed by atoms with Crippen LogP contribution in [0, 0.1) is 11.3 Å². The lowest BCUT2D eigenvalue weighted by atomic mass is 9.90. The van der Waals surface area contributed by atoms with Crippen LogP contribution in [0.3, 0.4) is 0 Å². The Morgan fingerprint density at radius 3 is 2.44 bits per heavy atom. The molecule has 0 atom stereocenters. The molecule has 32 heavy (non-hydrogen) atoms.